The zero-order valence-corrected chi connectivity index (χ0v) is 15.4. The summed E-state index contributed by atoms with van der Waals surface area (Å²) in [6.45, 7) is 9.11. The van der Waals surface area contributed by atoms with Crippen molar-refractivity contribution in [2.75, 3.05) is 0 Å². The maximum absolute atomic E-state index is 12.2. The molecule has 2 heteroatoms. The van der Waals surface area contributed by atoms with Crippen LogP contribution in [-0.4, -0.2) is 16.5 Å². The molecule has 4 aliphatic rings. The summed E-state index contributed by atoms with van der Waals surface area (Å²) >= 11 is 0. The average Bonchev–Trinajstić information content (AvgIpc) is 2.71. The monoisotopic (exact) mass is 318 g/mol. The van der Waals surface area contributed by atoms with E-state index in [0.29, 0.717) is 23.0 Å². The Bertz CT molecular complexity index is 524. The van der Waals surface area contributed by atoms with Crippen LogP contribution in [0.2, 0.25) is 0 Å². The van der Waals surface area contributed by atoms with E-state index in [-0.39, 0.29) is 11.3 Å². The number of carbonyl (C=O) groups is 1. The molecule has 0 spiro atoms. The van der Waals surface area contributed by atoms with E-state index >= 15 is 0 Å². The highest BCUT2D eigenvalue weighted by molar-refractivity contribution is 5.82. The molecular formula is C21H34O2. The van der Waals surface area contributed by atoms with Gasteiger partial charge in [0, 0.05) is 12.3 Å². The van der Waals surface area contributed by atoms with E-state index in [1.54, 1.807) is 0 Å². The third kappa shape index (κ3) is 2.00. The fraction of sp³-hybridized carbons (Fsp3) is 0.952. The maximum atomic E-state index is 12.2. The lowest BCUT2D eigenvalue weighted by molar-refractivity contribution is -0.158. The quantitative estimate of drug-likeness (QED) is 0.709. The van der Waals surface area contributed by atoms with Crippen LogP contribution in [0.25, 0.3) is 0 Å². The number of fused-ring (bicyclic) bond motifs is 5. The Morgan fingerprint density at radius 2 is 1.70 bits per heavy atom. The molecule has 0 heterocycles. The largest absolute Gasteiger partial charge is 0.390 e. The first kappa shape index (κ1) is 16.1. The third-order valence-corrected chi connectivity index (χ3v) is 9.37. The molecule has 23 heavy (non-hydrogen) atoms. The zero-order valence-electron chi connectivity index (χ0n) is 15.4. The van der Waals surface area contributed by atoms with Gasteiger partial charge in [0.15, 0.2) is 0 Å². The minimum absolute atomic E-state index is 0.119. The topological polar surface area (TPSA) is 37.3 Å². The Balaban J connectivity index is 1.66. The van der Waals surface area contributed by atoms with E-state index in [0.717, 1.165) is 31.1 Å². The van der Waals surface area contributed by atoms with E-state index in [4.69, 9.17) is 0 Å². The van der Waals surface area contributed by atoms with Gasteiger partial charge in [0.1, 0.15) is 5.78 Å². The van der Waals surface area contributed by atoms with Crippen molar-refractivity contribution >= 4 is 5.78 Å². The summed E-state index contributed by atoms with van der Waals surface area (Å²) < 4.78 is 0. The predicted molar refractivity (Wildman–Crippen MR) is 91.9 cm³/mol. The molecule has 0 amide bonds. The molecule has 8 atom stereocenters. The van der Waals surface area contributed by atoms with Crippen LogP contribution < -0.4 is 0 Å². The molecule has 0 saturated heterocycles. The highest BCUT2D eigenvalue weighted by atomic mass is 16.3. The van der Waals surface area contributed by atoms with Crippen LogP contribution in [0.15, 0.2) is 0 Å². The Labute approximate surface area is 141 Å². The van der Waals surface area contributed by atoms with Crippen LogP contribution in [0.3, 0.4) is 0 Å². The summed E-state index contributed by atoms with van der Waals surface area (Å²) in [4.78, 5) is 12.2. The van der Waals surface area contributed by atoms with Crippen LogP contribution in [0, 0.1) is 40.4 Å². The molecule has 130 valence electrons. The van der Waals surface area contributed by atoms with Gasteiger partial charge in [0.25, 0.3) is 0 Å². The molecule has 0 aromatic heterocycles. The highest BCUT2D eigenvalue weighted by Crippen LogP contribution is 2.68. The Hall–Kier alpha value is -0.370. The molecule has 2 unspecified atom stereocenters. The molecule has 0 radical (unpaired) electrons. The van der Waals surface area contributed by atoms with Gasteiger partial charge in [0.2, 0.25) is 0 Å². The van der Waals surface area contributed by atoms with E-state index in [1.807, 2.05) is 0 Å². The summed E-state index contributed by atoms with van der Waals surface area (Å²) in [5.74, 6) is 3.65. The van der Waals surface area contributed by atoms with Gasteiger partial charge in [0.05, 0.1) is 5.60 Å². The van der Waals surface area contributed by atoms with Crippen LogP contribution in [0.5, 0.6) is 0 Å². The Morgan fingerprint density at radius 3 is 2.43 bits per heavy atom. The lowest BCUT2D eigenvalue weighted by Gasteiger charge is -2.61. The molecule has 4 fully saturated rings. The van der Waals surface area contributed by atoms with Crippen LogP contribution >= 0.6 is 0 Å². The van der Waals surface area contributed by atoms with Crippen molar-refractivity contribution in [3.8, 4) is 0 Å². The Morgan fingerprint density at radius 1 is 1.00 bits per heavy atom. The standard InChI is InChI=1S/C21H34O2/c1-13-12-19(2)14(11-18(13)22)5-6-15-16(19)7-9-20(3)17(15)8-10-21(20,4)23/h13-17,23H,5-12H2,1-4H3/t13-,14+,15?,16?,17+,19-,20-,21-/m0/s1. The Kier molecular flexibility index (Phi) is 3.39. The molecular weight excluding hydrogens is 284 g/mol. The molecule has 2 nitrogen and oxygen atoms in total. The van der Waals surface area contributed by atoms with Crippen molar-refractivity contribution in [3.05, 3.63) is 0 Å². The molecule has 4 saturated carbocycles. The van der Waals surface area contributed by atoms with Gasteiger partial charge in [-0.3, -0.25) is 4.79 Å². The first-order chi connectivity index (χ1) is 10.7. The van der Waals surface area contributed by atoms with Crippen molar-refractivity contribution < 1.29 is 9.90 Å². The molecule has 0 aromatic rings. The van der Waals surface area contributed by atoms with Crippen LogP contribution in [0.1, 0.15) is 79.1 Å². The average molecular weight is 319 g/mol. The number of hydrogen-bond donors (Lipinski definition) is 1. The van der Waals surface area contributed by atoms with Gasteiger partial charge in [-0.05, 0) is 86.4 Å². The summed E-state index contributed by atoms with van der Waals surface area (Å²) in [5, 5.41) is 11.0. The van der Waals surface area contributed by atoms with Crippen molar-refractivity contribution in [3.63, 3.8) is 0 Å². The third-order valence-electron chi connectivity index (χ3n) is 9.37. The number of aliphatic hydroxyl groups is 1. The molecule has 1 N–H and O–H groups in total. The van der Waals surface area contributed by atoms with E-state index in [1.165, 1.54) is 32.1 Å². The second-order valence-corrected chi connectivity index (χ2v) is 10.2. The van der Waals surface area contributed by atoms with Crippen LogP contribution in [0.4, 0.5) is 0 Å². The molecule has 0 aromatic carbocycles. The van der Waals surface area contributed by atoms with Gasteiger partial charge < -0.3 is 5.11 Å². The zero-order chi connectivity index (χ0) is 16.6. The van der Waals surface area contributed by atoms with E-state index in [2.05, 4.69) is 27.7 Å². The molecule has 0 aliphatic heterocycles. The van der Waals surface area contributed by atoms with Gasteiger partial charge in [-0.1, -0.05) is 20.8 Å². The number of hydrogen-bond acceptors (Lipinski definition) is 2. The van der Waals surface area contributed by atoms with Crippen molar-refractivity contribution in [1.82, 2.24) is 0 Å². The summed E-state index contributed by atoms with van der Waals surface area (Å²) in [6, 6.07) is 0. The van der Waals surface area contributed by atoms with Gasteiger partial charge in [-0.25, -0.2) is 0 Å². The maximum Gasteiger partial charge on any atom is 0.136 e. The summed E-state index contributed by atoms with van der Waals surface area (Å²) in [6.07, 6.45) is 9.11. The van der Waals surface area contributed by atoms with Gasteiger partial charge >= 0.3 is 0 Å². The number of Topliss-reactive ketones (excluding diaryl/α,β-unsaturated/α-hetero) is 1. The van der Waals surface area contributed by atoms with Crippen molar-refractivity contribution in [2.24, 2.45) is 40.4 Å². The van der Waals surface area contributed by atoms with E-state index < -0.39 is 5.60 Å². The highest BCUT2D eigenvalue weighted by Gasteiger charge is 2.63. The molecule has 4 aliphatic carbocycles. The number of rotatable bonds is 0. The minimum Gasteiger partial charge on any atom is -0.390 e. The minimum atomic E-state index is -0.476. The SMILES string of the molecule is C[C@H]1C[C@]2(C)C3CC[C@@]4(C)[C@H](CC[C@]4(C)O)C3CC[C@@H]2CC1=O. The van der Waals surface area contributed by atoms with Crippen molar-refractivity contribution in [2.45, 2.75) is 84.7 Å². The second kappa shape index (κ2) is 4.84. The fourth-order valence-corrected chi connectivity index (χ4v) is 7.65. The second-order valence-electron chi connectivity index (χ2n) is 10.2. The number of ketones is 1. The van der Waals surface area contributed by atoms with E-state index in [9.17, 15) is 9.90 Å². The lowest BCUT2D eigenvalue weighted by Crippen LogP contribution is -2.56. The molecule has 0 bridgehead atoms. The van der Waals surface area contributed by atoms with Crippen molar-refractivity contribution in [1.29, 1.82) is 0 Å². The number of carbonyl (C=O) groups excluding carboxylic acids is 1. The fourth-order valence-electron chi connectivity index (χ4n) is 7.65. The predicted octanol–water partition coefficient (Wildman–Crippen LogP) is 4.60. The molecule has 4 rings (SSSR count). The smallest absolute Gasteiger partial charge is 0.136 e. The lowest BCUT2D eigenvalue weighted by atomic mass is 9.44. The van der Waals surface area contributed by atoms with Gasteiger partial charge in [-0.15, -0.1) is 0 Å². The van der Waals surface area contributed by atoms with Gasteiger partial charge in [-0.2, -0.15) is 0 Å². The normalized spacial score (nSPS) is 59.2. The summed E-state index contributed by atoms with van der Waals surface area (Å²) in [5.41, 5.74) is 0.00962. The van der Waals surface area contributed by atoms with Crippen LogP contribution in [-0.2, 0) is 4.79 Å². The first-order valence-electron chi connectivity index (χ1n) is 9.94. The first-order valence-corrected chi connectivity index (χ1v) is 9.94. The summed E-state index contributed by atoms with van der Waals surface area (Å²) in [7, 11) is 0.